The zero-order valence-corrected chi connectivity index (χ0v) is 12.3. The number of fused-ring (bicyclic) bond motifs is 1. The Morgan fingerprint density at radius 2 is 1.91 bits per heavy atom. The SMILES string of the molecule is NC(=O)c1cc2c(s1)CN(Cc1ccc(C(F)(F)F)cc1)C2. The van der Waals surface area contributed by atoms with E-state index in [0.29, 0.717) is 24.5 Å². The number of benzene rings is 1. The zero-order valence-electron chi connectivity index (χ0n) is 11.5. The predicted molar refractivity (Wildman–Crippen MR) is 77.2 cm³/mol. The van der Waals surface area contributed by atoms with Crippen LogP contribution in [0.5, 0.6) is 0 Å². The summed E-state index contributed by atoms with van der Waals surface area (Å²) in [5.74, 6) is -0.423. The second-order valence-corrected chi connectivity index (χ2v) is 6.40. The second kappa shape index (κ2) is 5.40. The van der Waals surface area contributed by atoms with E-state index in [1.54, 1.807) is 6.07 Å². The lowest BCUT2D eigenvalue weighted by Gasteiger charge is -2.15. The minimum atomic E-state index is -4.30. The smallest absolute Gasteiger partial charge is 0.365 e. The number of amides is 1. The van der Waals surface area contributed by atoms with E-state index in [4.69, 9.17) is 5.73 Å². The third-order valence-corrected chi connectivity index (χ3v) is 4.76. The first-order valence-corrected chi connectivity index (χ1v) is 7.44. The van der Waals surface area contributed by atoms with Crippen LogP contribution >= 0.6 is 11.3 Å². The van der Waals surface area contributed by atoms with Crippen molar-refractivity contribution in [3.05, 3.63) is 56.8 Å². The van der Waals surface area contributed by atoms with Gasteiger partial charge in [0, 0.05) is 24.5 Å². The largest absolute Gasteiger partial charge is 0.416 e. The molecule has 2 N–H and O–H groups in total. The molecule has 7 heteroatoms. The number of carbonyl (C=O) groups is 1. The molecule has 1 aliphatic heterocycles. The van der Waals surface area contributed by atoms with Crippen LogP contribution in [-0.4, -0.2) is 10.8 Å². The molecule has 3 nitrogen and oxygen atoms in total. The molecule has 3 rings (SSSR count). The molecule has 0 radical (unpaired) electrons. The monoisotopic (exact) mass is 326 g/mol. The van der Waals surface area contributed by atoms with Crippen LogP contribution in [0.2, 0.25) is 0 Å². The summed E-state index contributed by atoms with van der Waals surface area (Å²) in [5, 5.41) is 0. The van der Waals surface area contributed by atoms with Gasteiger partial charge < -0.3 is 5.73 Å². The van der Waals surface area contributed by atoms with E-state index < -0.39 is 17.6 Å². The molecule has 22 heavy (non-hydrogen) atoms. The van der Waals surface area contributed by atoms with Gasteiger partial charge in [0.05, 0.1) is 10.4 Å². The molecule has 0 fully saturated rings. The number of nitrogens with zero attached hydrogens (tertiary/aromatic N) is 1. The number of rotatable bonds is 3. The van der Waals surface area contributed by atoms with Crippen molar-refractivity contribution in [3.8, 4) is 0 Å². The van der Waals surface area contributed by atoms with Gasteiger partial charge in [-0.3, -0.25) is 9.69 Å². The first kappa shape index (κ1) is 15.1. The fraction of sp³-hybridized carbons (Fsp3) is 0.267. The Bertz CT molecular complexity index is 683. The van der Waals surface area contributed by atoms with Crippen LogP contribution in [-0.2, 0) is 25.8 Å². The summed E-state index contributed by atoms with van der Waals surface area (Å²) in [6, 6.07) is 7.02. The van der Waals surface area contributed by atoms with E-state index in [0.717, 1.165) is 28.1 Å². The molecule has 1 amide bonds. The molecule has 0 saturated carbocycles. The van der Waals surface area contributed by atoms with Gasteiger partial charge in [0.25, 0.3) is 5.91 Å². The van der Waals surface area contributed by atoms with E-state index in [1.807, 2.05) is 0 Å². The maximum absolute atomic E-state index is 12.5. The average Bonchev–Trinajstić information content (AvgIpc) is 2.96. The number of thiophene rings is 1. The number of nitrogens with two attached hydrogens (primary N) is 1. The fourth-order valence-electron chi connectivity index (χ4n) is 2.52. The highest BCUT2D eigenvalue weighted by molar-refractivity contribution is 7.14. The van der Waals surface area contributed by atoms with Crippen molar-refractivity contribution in [2.45, 2.75) is 25.8 Å². The van der Waals surface area contributed by atoms with Crippen LogP contribution in [0, 0.1) is 0 Å². The van der Waals surface area contributed by atoms with Gasteiger partial charge in [0.2, 0.25) is 0 Å². The molecule has 2 heterocycles. The molecular weight excluding hydrogens is 313 g/mol. The molecule has 1 aromatic carbocycles. The van der Waals surface area contributed by atoms with E-state index in [9.17, 15) is 18.0 Å². The van der Waals surface area contributed by atoms with Crippen molar-refractivity contribution in [1.82, 2.24) is 4.90 Å². The van der Waals surface area contributed by atoms with Gasteiger partial charge in [-0.15, -0.1) is 11.3 Å². The van der Waals surface area contributed by atoms with Gasteiger partial charge in [-0.1, -0.05) is 12.1 Å². The average molecular weight is 326 g/mol. The highest BCUT2D eigenvalue weighted by Gasteiger charge is 2.30. The van der Waals surface area contributed by atoms with E-state index in [-0.39, 0.29) is 0 Å². The number of hydrogen-bond donors (Lipinski definition) is 1. The molecule has 1 aliphatic rings. The number of halogens is 3. The summed E-state index contributed by atoms with van der Waals surface area (Å²) in [6.07, 6.45) is -4.30. The first-order chi connectivity index (χ1) is 10.3. The summed E-state index contributed by atoms with van der Waals surface area (Å²) >= 11 is 1.39. The van der Waals surface area contributed by atoms with Crippen molar-refractivity contribution in [3.63, 3.8) is 0 Å². The summed E-state index contributed by atoms with van der Waals surface area (Å²) in [4.78, 5) is 14.9. The van der Waals surface area contributed by atoms with Crippen LogP contribution in [0.25, 0.3) is 0 Å². The fourth-order valence-corrected chi connectivity index (χ4v) is 3.59. The summed E-state index contributed by atoms with van der Waals surface area (Å²) in [5.41, 5.74) is 6.52. The highest BCUT2D eigenvalue weighted by atomic mass is 32.1. The Morgan fingerprint density at radius 3 is 2.45 bits per heavy atom. The maximum atomic E-state index is 12.5. The molecule has 0 bridgehead atoms. The third-order valence-electron chi connectivity index (χ3n) is 3.59. The van der Waals surface area contributed by atoms with Crippen LogP contribution in [0.1, 0.15) is 31.2 Å². The quantitative estimate of drug-likeness (QED) is 0.940. The lowest BCUT2D eigenvalue weighted by molar-refractivity contribution is -0.137. The van der Waals surface area contributed by atoms with Crippen LogP contribution < -0.4 is 5.73 Å². The zero-order chi connectivity index (χ0) is 15.9. The Morgan fingerprint density at radius 1 is 1.23 bits per heavy atom. The van der Waals surface area contributed by atoms with Gasteiger partial charge in [-0.2, -0.15) is 13.2 Å². The molecule has 0 atom stereocenters. The molecule has 2 aromatic rings. The minimum absolute atomic E-state index is 0.423. The number of carbonyl (C=O) groups excluding carboxylic acids is 1. The normalized spacial score (nSPS) is 15.0. The van der Waals surface area contributed by atoms with Crippen molar-refractivity contribution < 1.29 is 18.0 Å². The first-order valence-electron chi connectivity index (χ1n) is 6.63. The maximum Gasteiger partial charge on any atom is 0.416 e. The van der Waals surface area contributed by atoms with E-state index in [2.05, 4.69) is 4.90 Å². The van der Waals surface area contributed by atoms with Gasteiger partial charge in [0.1, 0.15) is 0 Å². The van der Waals surface area contributed by atoms with Crippen molar-refractivity contribution >= 4 is 17.2 Å². The molecule has 0 aliphatic carbocycles. The molecule has 116 valence electrons. The van der Waals surface area contributed by atoms with Crippen LogP contribution in [0.3, 0.4) is 0 Å². The third kappa shape index (κ3) is 3.00. The molecule has 0 spiro atoms. The Balaban J connectivity index is 1.66. The van der Waals surface area contributed by atoms with Gasteiger partial charge >= 0.3 is 6.18 Å². The number of hydrogen-bond acceptors (Lipinski definition) is 3. The van der Waals surface area contributed by atoms with Crippen molar-refractivity contribution in [1.29, 1.82) is 0 Å². The second-order valence-electron chi connectivity index (χ2n) is 5.26. The Labute approximate surface area is 129 Å². The van der Waals surface area contributed by atoms with E-state index in [1.165, 1.54) is 23.5 Å². The Hall–Kier alpha value is -1.86. The topological polar surface area (TPSA) is 46.3 Å². The summed E-state index contributed by atoms with van der Waals surface area (Å²) < 4.78 is 37.6. The lowest BCUT2D eigenvalue weighted by Crippen LogP contribution is -2.16. The van der Waals surface area contributed by atoms with Gasteiger partial charge in [0.15, 0.2) is 0 Å². The molecule has 0 unspecified atom stereocenters. The number of alkyl halides is 3. The number of primary amides is 1. The molecule has 0 saturated heterocycles. The van der Waals surface area contributed by atoms with Gasteiger partial charge in [-0.05, 0) is 29.3 Å². The standard InChI is InChI=1S/C15H13F3N2OS/c16-15(17,18)11-3-1-9(2-4-11)6-20-7-10-5-12(14(19)21)22-13(10)8-20/h1-5H,6-8H2,(H2,19,21). The van der Waals surface area contributed by atoms with Crippen LogP contribution in [0.4, 0.5) is 13.2 Å². The summed E-state index contributed by atoms with van der Waals surface area (Å²) in [7, 11) is 0. The highest BCUT2D eigenvalue weighted by Crippen LogP contribution is 2.32. The molecular formula is C15H13F3N2OS. The lowest BCUT2D eigenvalue weighted by atomic mass is 10.1. The van der Waals surface area contributed by atoms with Crippen molar-refractivity contribution in [2.75, 3.05) is 0 Å². The van der Waals surface area contributed by atoms with Gasteiger partial charge in [-0.25, -0.2) is 0 Å². The predicted octanol–water partition coefficient (Wildman–Crippen LogP) is 3.38. The minimum Gasteiger partial charge on any atom is -0.365 e. The van der Waals surface area contributed by atoms with Crippen LogP contribution in [0.15, 0.2) is 30.3 Å². The van der Waals surface area contributed by atoms with Crippen molar-refractivity contribution in [2.24, 2.45) is 5.73 Å². The van der Waals surface area contributed by atoms with E-state index >= 15 is 0 Å². The molecule has 1 aromatic heterocycles. The summed E-state index contributed by atoms with van der Waals surface area (Å²) in [6.45, 7) is 1.94. The Kier molecular flexibility index (Phi) is 3.70.